The second kappa shape index (κ2) is 6.63. The van der Waals surface area contributed by atoms with Crippen molar-refractivity contribution in [1.29, 1.82) is 0 Å². The molecule has 0 radical (unpaired) electrons. The zero-order valence-electron chi connectivity index (χ0n) is 14.1. The first-order valence-corrected chi connectivity index (χ1v) is 8.56. The molecule has 1 aromatic carbocycles. The number of nitrogens with zero attached hydrogens (tertiary/aromatic N) is 3. The Morgan fingerprint density at radius 2 is 2.09 bits per heavy atom. The van der Waals surface area contributed by atoms with E-state index in [9.17, 15) is 0 Å². The smallest absolute Gasteiger partial charge is 0.0543 e. The molecule has 1 aliphatic heterocycles. The van der Waals surface area contributed by atoms with Crippen molar-refractivity contribution < 1.29 is 0 Å². The van der Waals surface area contributed by atoms with Crippen LogP contribution < -0.4 is 5.32 Å². The Kier molecular flexibility index (Phi) is 4.76. The Morgan fingerprint density at radius 1 is 1.30 bits per heavy atom. The fraction of sp³-hybridized carbons (Fsp3) is 0.500. The number of hydrogen-bond acceptors (Lipinski definition) is 3. The van der Waals surface area contributed by atoms with Crippen molar-refractivity contribution in [1.82, 2.24) is 20.0 Å². The highest BCUT2D eigenvalue weighted by Gasteiger charge is 2.26. The summed E-state index contributed by atoms with van der Waals surface area (Å²) in [7, 11) is 0. The second-order valence-corrected chi connectivity index (χ2v) is 7.58. The largest absolute Gasteiger partial charge is 0.314 e. The first-order chi connectivity index (χ1) is 10.9. The van der Waals surface area contributed by atoms with Crippen molar-refractivity contribution in [3.05, 3.63) is 52.8 Å². The van der Waals surface area contributed by atoms with Gasteiger partial charge < -0.3 is 5.32 Å². The number of rotatable bonds is 3. The van der Waals surface area contributed by atoms with Gasteiger partial charge >= 0.3 is 0 Å². The van der Waals surface area contributed by atoms with Crippen LogP contribution in [-0.2, 0) is 12.1 Å². The third kappa shape index (κ3) is 3.77. The average molecular weight is 333 g/mol. The van der Waals surface area contributed by atoms with Crippen LogP contribution in [0.25, 0.3) is 0 Å². The molecule has 124 valence electrons. The monoisotopic (exact) mass is 332 g/mol. The lowest BCUT2D eigenvalue weighted by Gasteiger charge is -2.36. The molecule has 1 saturated heterocycles. The van der Waals surface area contributed by atoms with Crippen LogP contribution >= 0.6 is 11.6 Å². The number of hydrogen-bond donors (Lipinski definition) is 1. The summed E-state index contributed by atoms with van der Waals surface area (Å²) in [6, 6.07) is 8.45. The summed E-state index contributed by atoms with van der Waals surface area (Å²) in [5.41, 5.74) is 2.47. The lowest BCUT2D eigenvalue weighted by Crippen LogP contribution is -2.45. The fourth-order valence-electron chi connectivity index (χ4n) is 3.03. The van der Waals surface area contributed by atoms with E-state index in [0.29, 0.717) is 6.04 Å². The average Bonchev–Trinajstić information content (AvgIpc) is 2.97. The molecule has 0 aliphatic carbocycles. The van der Waals surface area contributed by atoms with E-state index in [4.69, 9.17) is 11.6 Å². The quantitative estimate of drug-likeness (QED) is 0.934. The molecule has 0 saturated carbocycles. The summed E-state index contributed by atoms with van der Waals surface area (Å²) in [4.78, 5) is 2.49. The van der Waals surface area contributed by atoms with Crippen LogP contribution in [0.15, 0.2) is 36.7 Å². The van der Waals surface area contributed by atoms with Gasteiger partial charge in [0.15, 0.2) is 0 Å². The number of aromatic nitrogens is 2. The number of piperazine rings is 1. The van der Waals surface area contributed by atoms with Gasteiger partial charge in [-0.15, -0.1) is 0 Å². The second-order valence-electron chi connectivity index (χ2n) is 7.18. The molecule has 2 heterocycles. The molecule has 1 atom stereocenters. The van der Waals surface area contributed by atoms with E-state index in [1.54, 1.807) is 0 Å². The van der Waals surface area contributed by atoms with Gasteiger partial charge in [-0.3, -0.25) is 9.58 Å². The van der Waals surface area contributed by atoms with E-state index in [1.165, 1.54) is 11.1 Å². The molecule has 1 aromatic heterocycles. The standard InChI is InChI=1S/C18H25ClN4/c1-18(2,3)23-13-14(10-21-23)12-22-9-8-20-11-17(22)15-6-4-5-7-16(15)19/h4-7,10,13,17,20H,8-9,11-12H2,1-3H3. The summed E-state index contributed by atoms with van der Waals surface area (Å²) in [6.07, 6.45) is 4.14. The van der Waals surface area contributed by atoms with Gasteiger partial charge in [-0.25, -0.2) is 0 Å². The maximum absolute atomic E-state index is 6.42. The molecule has 2 aromatic rings. The minimum atomic E-state index is 0.0177. The van der Waals surface area contributed by atoms with E-state index in [2.05, 4.69) is 54.4 Å². The van der Waals surface area contributed by atoms with E-state index in [-0.39, 0.29) is 5.54 Å². The molecule has 4 nitrogen and oxygen atoms in total. The van der Waals surface area contributed by atoms with Gasteiger partial charge in [0, 0.05) is 49.0 Å². The highest BCUT2D eigenvalue weighted by molar-refractivity contribution is 6.31. The number of benzene rings is 1. The minimum absolute atomic E-state index is 0.0177. The third-order valence-electron chi connectivity index (χ3n) is 4.33. The normalized spacial score (nSPS) is 19.9. The minimum Gasteiger partial charge on any atom is -0.314 e. The molecule has 3 rings (SSSR count). The molecule has 1 fully saturated rings. The highest BCUT2D eigenvalue weighted by Crippen LogP contribution is 2.29. The summed E-state index contributed by atoms with van der Waals surface area (Å²) in [5.74, 6) is 0. The summed E-state index contributed by atoms with van der Waals surface area (Å²) >= 11 is 6.42. The molecule has 0 bridgehead atoms. The van der Waals surface area contributed by atoms with Crippen molar-refractivity contribution >= 4 is 11.6 Å². The van der Waals surface area contributed by atoms with Crippen molar-refractivity contribution in [2.45, 2.75) is 38.9 Å². The van der Waals surface area contributed by atoms with Crippen molar-refractivity contribution in [2.75, 3.05) is 19.6 Å². The molecular formula is C18H25ClN4. The van der Waals surface area contributed by atoms with Crippen molar-refractivity contribution in [3.63, 3.8) is 0 Å². The maximum Gasteiger partial charge on any atom is 0.0543 e. The Hall–Kier alpha value is -1.36. The van der Waals surface area contributed by atoms with Gasteiger partial charge in [-0.2, -0.15) is 5.10 Å². The van der Waals surface area contributed by atoms with Crippen LogP contribution in [0.4, 0.5) is 0 Å². The maximum atomic E-state index is 6.42. The van der Waals surface area contributed by atoms with Crippen molar-refractivity contribution in [3.8, 4) is 0 Å². The molecular weight excluding hydrogens is 308 g/mol. The van der Waals surface area contributed by atoms with Crippen LogP contribution in [-0.4, -0.2) is 34.3 Å². The number of nitrogens with one attached hydrogen (secondary N) is 1. The van der Waals surface area contributed by atoms with E-state index in [1.807, 2.05) is 23.0 Å². The SMILES string of the molecule is CC(C)(C)n1cc(CN2CCNCC2c2ccccc2Cl)cn1. The Bertz CT molecular complexity index is 659. The Balaban J connectivity index is 1.80. The van der Waals surface area contributed by atoms with Gasteiger partial charge in [0.1, 0.15) is 0 Å². The summed E-state index contributed by atoms with van der Waals surface area (Å²) in [5, 5.41) is 8.85. The predicted molar refractivity (Wildman–Crippen MR) is 94.7 cm³/mol. The molecule has 1 N–H and O–H groups in total. The van der Waals surface area contributed by atoms with Gasteiger partial charge in [0.25, 0.3) is 0 Å². The first-order valence-electron chi connectivity index (χ1n) is 8.18. The first kappa shape index (κ1) is 16.5. The Morgan fingerprint density at radius 3 is 2.78 bits per heavy atom. The molecule has 1 aliphatic rings. The topological polar surface area (TPSA) is 33.1 Å². The third-order valence-corrected chi connectivity index (χ3v) is 4.67. The summed E-state index contributed by atoms with van der Waals surface area (Å²) in [6.45, 7) is 10.3. The van der Waals surface area contributed by atoms with Gasteiger partial charge in [-0.05, 0) is 32.4 Å². The highest BCUT2D eigenvalue weighted by atomic mass is 35.5. The Labute approximate surface area is 143 Å². The molecule has 0 amide bonds. The molecule has 0 spiro atoms. The van der Waals surface area contributed by atoms with Crippen LogP contribution in [0.2, 0.25) is 5.02 Å². The summed E-state index contributed by atoms with van der Waals surface area (Å²) < 4.78 is 2.04. The molecule has 5 heteroatoms. The number of halogens is 1. The molecule has 1 unspecified atom stereocenters. The van der Waals surface area contributed by atoms with Crippen LogP contribution in [0.3, 0.4) is 0 Å². The van der Waals surface area contributed by atoms with Gasteiger partial charge in [-0.1, -0.05) is 29.8 Å². The van der Waals surface area contributed by atoms with Crippen LogP contribution in [0, 0.1) is 0 Å². The van der Waals surface area contributed by atoms with Gasteiger partial charge in [0.2, 0.25) is 0 Å². The lowest BCUT2D eigenvalue weighted by atomic mass is 10.0. The molecule has 23 heavy (non-hydrogen) atoms. The van der Waals surface area contributed by atoms with Crippen LogP contribution in [0.5, 0.6) is 0 Å². The fourth-order valence-corrected chi connectivity index (χ4v) is 3.29. The van der Waals surface area contributed by atoms with E-state index < -0.39 is 0 Å². The zero-order chi connectivity index (χ0) is 16.4. The van der Waals surface area contributed by atoms with Crippen LogP contribution in [0.1, 0.15) is 37.9 Å². The van der Waals surface area contributed by atoms with E-state index >= 15 is 0 Å². The van der Waals surface area contributed by atoms with Gasteiger partial charge in [0.05, 0.1) is 11.7 Å². The lowest BCUT2D eigenvalue weighted by molar-refractivity contribution is 0.153. The van der Waals surface area contributed by atoms with Crippen molar-refractivity contribution in [2.24, 2.45) is 0 Å². The zero-order valence-corrected chi connectivity index (χ0v) is 14.8. The predicted octanol–water partition coefficient (Wildman–Crippen LogP) is 3.44. The van der Waals surface area contributed by atoms with E-state index in [0.717, 1.165) is 31.2 Å².